The van der Waals surface area contributed by atoms with E-state index in [1.165, 1.54) is 0 Å². The number of carbonyl (C=O) groups is 2. The van der Waals surface area contributed by atoms with Gasteiger partial charge in [-0.25, -0.2) is 4.98 Å². The Morgan fingerprint density at radius 3 is 2.40 bits per heavy atom. The van der Waals surface area contributed by atoms with Crippen molar-refractivity contribution in [2.45, 2.75) is 19.9 Å². The fraction of sp³-hybridized carbons (Fsp3) is 0.316. The SMILES string of the molecule is Cc1ccc(NC(=O)CN(C)[C@@H](C)C(=O)N(C)c2ccccc2)nc1. The van der Waals surface area contributed by atoms with Gasteiger partial charge < -0.3 is 10.2 Å². The maximum Gasteiger partial charge on any atom is 0.243 e. The molecule has 0 saturated carbocycles. The molecule has 25 heavy (non-hydrogen) atoms. The second-order valence-corrected chi connectivity index (χ2v) is 6.09. The maximum absolute atomic E-state index is 12.6. The Morgan fingerprint density at radius 2 is 1.80 bits per heavy atom. The zero-order valence-electron chi connectivity index (χ0n) is 15.1. The van der Waals surface area contributed by atoms with Crippen LogP contribution in [0.4, 0.5) is 11.5 Å². The number of aromatic nitrogens is 1. The molecule has 0 fully saturated rings. The lowest BCUT2D eigenvalue weighted by Gasteiger charge is -2.27. The first kappa shape index (κ1) is 18.6. The number of hydrogen-bond acceptors (Lipinski definition) is 4. The molecule has 1 atom stereocenters. The molecule has 0 aliphatic heterocycles. The number of benzene rings is 1. The minimum Gasteiger partial charge on any atom is -0.314 e. The summed E-state index contributed by atoms with van der Waals surface area (Å²) in [5.74, 6) is 0.222. The summed E-state index contributed by atoms with van der Waals surface area (Å²) in [4.78, 5) is 32.2. The van der Waals surface area contributed by atoms with Crippen LogP contribution in [0.5, 0.6) is 0 Å². The second-order valence-electron chi connectivity index (χ2n) is 6.09. The molecule has 2 aromatic rings. The van der Waals surface area contributed by atoms with Gasteiger partial charge in [0.25, 0.3) is 0 Å². The molecule has 0 radical (unpaired) electrons. The highest BCUT2D eigenvalue weighted by Gasteiger charge is 2.24. The van der Waals surface area contributed by atoms with Gasteiger partial charge in [0.1, 0.15) is 5.82 Å². The van der Waals surface area contributed by atoms with Crippen LogP contribution < -0.4 is 10.2 Å². The van der Waals surface area contributed by atoms with E-state index >= 15 is 0 Å². The number of para-hydroxylation sites is 1. The number of likely N-dealkylation sites (N-methyl/N-ethyl adjacent to an activating group) is 2. The summed E-state index contributed by atoms with van der Waals surface area (Å²) in [6.45, 7) is 3.83. The van der Waals surface area contributed by atoms with Crippen molar-refractivity contribution in [1.29, 1.82) is 0 Å². The number of anilines is 2. The Kier molecular flexibility index (Phi) is 6.25. The molecular formula is C19H24N4O2. The molecule has 0 saturated heterocycles. The number of nitrogens with one attached hydrogen (secondary N) is 1. The van der Waals surface area contributed by atoms with Gasteiger partial charge in [-0.2, -0.15) is 0 Å². The summed E-state index contributed by atoms with van der Waals surface area (Å²) < 4.78 is 0. The van der Waals surface area contributed by atoms with Crippen LogP contribution in [-0.4, -0.2) is 48.4 Å². The molecule has 2 rings (SSSR count). The van der Waals surface area contributed by atoms with Crippen molar-refractivity contribution in [3.63, 3.8) is 0 Å². The van der Waals surface area contributed by atoms with Crippen LogP contribution in [0.2, 0.25) is 0 Å². The van der Waals surface area contributed by atoms with Gasteiger partial charge in [0, 0.05) is 18.9 Å². The lowest BCUT2D eigenvalue weighted by atomic mass is 10.2. The average molecular weight is 340 g/mol. The van der Waals surface area contributed by atoms with Gasteiger partial charge in [-0.05, 0) is 44.7 Å². The van der Waals surface area contributed by atoms with Crippen molar-refractivity contribution in [1.82, 2.24) is 9.88 Å². The minimum atomic E-state index is -0.429. The predicted molar refractivity (Wildman–Crippen MR) is 99.5 cm³/mol. The lowest BCUT2D eigenvalue weighted by molar-refractivity contribution is -0.124. The fourth-order valence-corrected chi connectivity index (χ4v) is 2.34. The Morgan fingerprint density at radius 1 is 1.12 bits per heavy atom. The topological polar surface area (TPSA) is 65.5 Å². The summed E-state index contributed by atoms with van der Waals surface area (Å²) in [6.07, 6.45) is 1.69. The summed E-state index contributed by atoms with van der Waals surface area (Å²) in [5.41, 5.74) is 1.85. The van der Waals surface area contributed by atoms with E-state index in [0.717, 1.165) is 11.3 Å². The van der Waals surface area contributed by atoms with Crippen LogP contribution in [0.25, 0.3) is 0 Å². The quantitative estimate of drug-likeness (QED) is 0.876. The highest BCUT2D eigenvalue weighted by molar-refractivity contribution is 5.97. The molecule has 0 bridgehead atoms. The Hall–Kier alpha value is -2.73. The van der Waals surface area contributed by atoms with E-state index in [-0.39, 0.29) is 18.4 Å². The van der Waals surface area contributed by atoms with Crippen LogP contribution in [0.3, 0.4) is 0 Å². The fourth-order valence-electron chi connectivity index (χ4n) is 2.34. The largest absolute Gasteiger partial charge is 0.314 e. The first-order chi connectivity index (χ1) is 11.9. The molecule has 1 aromatic heterocycles. The molecule has 0 aliphatic carbocycles. The molecule has 1 aromatic carbocycles. The van der Waals surface area contributed by atoms with Gasteiger partial charge in [-0.15, -0.1) is 0 Å². The third-order valence-corrected chi connectivity index (χ3v) is 4.06. The van der Waals surface area contributed by atoms with Crippen molar-refractivity contribution in [3.05, 3.63) is 54.2 Å². The van der Waals surface area contributed by atoms with Gasteiger partial charge in [-0.3, -0.25) is 14.5 Å². The highest BCUT2D eigenvalue weighted by atomic mass is 16.2. The van der Waals surface area contributed by atoms with E-state index in [9.17, 15) is 9.59 Å². The molecule has 0 aliphatic rings. The predicted octanol–water partition coefficient (Wildman–Crippen LogP) is 2.31. The second kappa shape index (κ2) is 8.39. The van der Waals surface area contributed by atoms with Crippen molar-refractivity contribution in [2.24, 2.45) is 0 Å². The van der Waals surface area contributed by atoms with Crippen LogP contribution >= 0.6 is 0 Å². The molecule has 6 nitrogen and oxygen atoms in total. The first-order valence-electron chi connectivity index (χ1n) is 8.14. The Bertz CT molecular complexity index is 716. The third kappa shape index (κ3) is 5.12. The summed E-state index contributed by atoms with van der Waals surface area (Å²) >= 11 is 0. The van der Waals surface area contributed by atoms with Gasteiger partial charge >= 0.3 is 0 Å². The summed E-state index contributed by atoms with van der Waals surface area (Å²) in [5, 5.41) is 2.74. The molecule has 1 heterocycles. The zero-order chi connectivity index (χ0) is 18.4. The van der Waals surface area contributed by atoms with Gasteiger partial charge in [0.15, 0.2) is 0 Å². The Balaban J connectivity index is 1.92. The van der Waals surface area contributed by atoms with Gasteiger partial charge in [0.2, 0.25) is 11.8 Å². The number of amides is 2. The number of rotatable bonds is 6. The normalized spacial score (nSPS) is 11.9. The molecule has 1 N–H and O–H groups in total. The number of nitrogens with zero attached hydrogens (tertiary/aromatic N) is 3. The number of pyridine rings is 1. The van der Waals surface area contributed by atoms with E-state index < -0.39 is 6.04 Å². The van der Waals surface area contributed by atoms with Crippen LogP contribution in [0.1, 0.15) is 12.5 Å². The lowest BCUT2D eigenvalue weighted by Crippen LogP contribution is -2.46. The van der Waals surface area contributed by atoms with E-state index in [2.05, 4.69) is 10.3 Å². The maximum atomic E-state index is 12.6. The smallest absolute Gasteiger partial charge is 0.243 e. The van der Waals surface area contributed by atoms with Crippen molar-refractivity contribution in [3.8, 4) is 0 Å². The minimum absolute atomic E-state index is 0.0741. The Labute approximate surface area is 148 Å². The first-order valence-corrected chi connectivity index (χ1v) is 8.14. The monoisotopic (exact) mass is 340 g/mol. The van der Waals surface area contributed by atoms with Crippen molar-refractivity contribution < 1.29 is 9.59 Å². The highest BCUT2D eigenvalue weighted by Crippen LogP contribution is 2.13. The van der Waals surface area contributed by atoms with Crippen molar-refractivity contribution in [2.75, 3.05) is 30.9 Å². The molecule has 2 amide bonds. The van der Waals surface area contributed by atoms with E-state index in [1.807, 2.05) is 43.3 Å². The van der Waals surface area contributed by atoms with E-state index in [1.54, 1.807) is 43.1 Å². The van der Waals surface area contributed by atoms with Gasteiger partial charge in [-0.1, -0.05) is 24.3 Å². The number of hydrogen-bond donors (Lipinski definition) is 1. The van der Waals surface area contributed by atoms with E-state index in [4.69, 9.17) is 0 Å². The standard InChI is InChI=1S/C19H24N4O2/c1-14-10-11-17(20-12-14)21-18(24)13-22(3)15(2)19(25)23(4)16-8-6-5-7-9-16/h5-12,15H,13H2,1-4H3,(H,20,21,24)/t15-/m0/s1. The van der Waals surface area contributed by atoms with Crippen LogP contribution in [0.15, 0.2) is 48.7 Å². The third-order valence-electron chi connectivity index (χ3n) is 4.06. The molecular weight excluding hydrogens is 316 g/mol. The van der Waals surface area contributed by atoms with E-state index in [0.29, 0.717) is 5.82 Å². The molecule has 0 spiro atoms. The van der Waals surface area contributed by atoms with Gasteiger partial charge in [0.05, 0.1) is 12.6 Å². The zero-order valence-corrected chi connectivity index (χ0v) is 15.1. The van der Waals surface area contributed by atoms with Crippen LogP contribution in [-0.2, 0) is 9.59 Å². The molecule has 0 unspecified atom stereocenters. The average Bonchev–Trinajstić information content (AvgIpc) is 2.62. The number of aryl methyl sites for hydroxylation is 1. The van der Waals surface area contributed by atoms with Crippen molar-refractivity contribution >= 4 is 23.3 Å². The summed E-state index contributed by atoms with van der Waals surface area (Å²) in [7, 11) is 3.49. The van der Waals surface area contributed by atoms with Crippen LogP contribution in [0, 0.1) is 6.92 Å². The number of carbonyl (C=O) groups excluding carboxylic acids is 2. The molecule has 132 valence electrons. The molecule has 6 heteroatoms. The summed E-state index contributed by atoms with van der Waals surface area (Å²) in [6, 6.07) is 12.6.